The summed E-state index contributed by atoms with van der Waals surface area (Å²) >= 11 is 0. The highest BCUT2D eigenvalue weighted by Crippen LogP contribution is 2.26. The van der Waals surface area contributed by atoms with Gasteiger partial charge in [-0.1, -0.05) is 12.1 Å². The van der Waals surface area contributed by atoms with Crippen LogP contribution in [0.4, 0.5) is 5.69 Å². The Morgan fingerprint density at radius 3 is 2.95 bits per heavy atom. The Morgan fingerprint density at radius 1 is 1.25 bits per heavy atom. The van der Waals surface area contributed by atoms with Crippen molar-refractivity contribution in [2.75, 3.05) is 0 Å². The Labute approximate surface area is 113 Å². The third kappa shape index (κ3) is 2.18. The van der Waals surface area contributed by atoms with Gasteiger partial charge in [0.05, 0.1) is 22.8 Å². The van der Waals surface area contributed by atoms with E-state index in [0.29, 0.717) is 5.75 Å². The van der Waals surface area contributed by atoms with Crippen LogP contribution in [0.15, 0.2) is 53.3 Å². The van der Waals surface area contributed by atoms with Gasteiger partial charge >= 0.3 is 5.69 Å². The van der Waals surface area contributed by atoms with Crippen molar-refractivity contribution < 1.29 is 14.1 Å². The van der Waals surface area contributed by atoms with Crippen molar-refractivity contribution in [3.8, 4) is 5.75 Å². The molecule has 0 unspecified atom stereocenters. The van der Waals surface area contributed by atoms with E-state index in [0.717, 1.165) is 10.9 Å². The van der Waals surface area contributed by atoms with Gasteiger partial charge in [-0.25, -0.2) is 0 Å². The van der Waals surface area contributed by atoms with E-state index in [1.54, 1.807) is 12.3 Å². The summed E-state index contributed by atoms with van der Waals surface area (Å²) in [5.74, 6) is 0.803. The highest BCUT2D eigenvalue weighted by atomic mass is 16.6. The molecule has 3 rings (SSSR count). The molecule has 0 aliphatic heterocycles. The predicted octanol–water partition coefficient (Wildman–Crippen LogP) is 3.32. The number of nitro groups is 1. The molecule has 0 fully saturated rings. The van der Waals surface area contributed by atoms with Crippen LogP contribution in [0, 0.1) is 10.1 Å². The van der Waals surface area contributed by atoms with E-state index in [1.165, 1.54) is 12.3 Å². The van der Waals surface area contributed by atoms with Crippen LogP contribution in [-0.2, 0) is 6.61 Å². The third-order valence-electron chi connectivity index (χ3n) is 2.89. The van der Waals surface area contributed by atoms with E-state index in [1.807, 2.05) is 24.3 Å². The molecule has 0 saturated carbocycles. The van der Waals surface area contributed by atoms with Crippen LogP contribution in [0.1, 0.15) is 5.76 Å². The summed E-state index contributed by atoms with van der Waals surface area (Å²) in [6.07, 6.45) is 2.91. The second-order valence-electron chi connectivity index (χ2n) is 4.10. The largest absolute Gasteiger partial charge is 0.485 e. The standard InChI is InChI=1S/C14H10N2O4/c17-16(18)12-6-8-19-14(12)9-20-13-5-7-15-11-4-2-1-3-10(11)13/h1-8H,9H2. The third-order valence-corrected chi connectivity index (χ3v) is 2.89. The molecule has 6 heteroatoms. The topological polar surface area (TPSA) is 78.4 Å². The minimum Gasteiger partial charge on any atom is -0.485 e. The van der Waals surface area contributed by atoms with Gasteiger partial charge in [-0.15, -0.1) is 0 Å². The molecule has 2 aromatic heterocycles. The molecule has 0 atom stereocenters. The molecule has 0 bridgehead atoms. The van der Waals surface area contributed by atoms with Gasteiger partial charge < -0.3 is 9.15 Å². The fourth-order valence-electron chi connectivity index (χ4n) is 1.94. The van der Waals surface area contributed by atoms with E-state index >= 15 is 0 Å². The van der Waals surface area contributed by atoms with Crippen molar-refractivity contribution in [2.45, 2.75) is 6.61 Å². The van der Waals surface area contributed by atoms with E-state index in [4.69, 9.17) is 9.15 Å². The maximum absolute atomic E-state index is 10.8. The van der Waals surface area contributed by atoms with E-state index < -0.39 is 4.92 Å². The molecule has 0 N–H and O–H groups in total. The number of ether oxygens (including phenoxy) is 1. The first-order chi connectivity index (χ1) is 9.75. The Kier molecular flexibility index (Phi) is 3.04. The maximum Gasteiger partial charge on any atom is 0.313 e. The van der Waals surface area contributed by atoms with Crippen LogP contribution in [0.3, 0.4) is 0 Å². The zero-order valence-corrected chi connectivity index (χ0v) is 10.4. The van der Waals surface area contributed by atoms with Crippen LogP contribution in [0.2, 0.25) is 0 Å². The lowest BCUT2D eigenvalue weighted by Crippen LogP contribution is -1.98. The van der Waals surface area contributed by atoms with Crippen LogP contribution in [-0.4, -0.2) is 9.91 Å². The fourth-order valence-corrected chi connectivity index (χ4v) is 1.94. The number of aromatic nitrogens is 1. The number of para-hydroxylation sites is 1. The van der Waals surface area contributed by atoms with Crippen molar-refractivity contribution in [2.24, 2.45) is 0 Å². The van der Waals surface area contributed by atoms with Gasteiger partial charge in [0.2, 0.25) is 5.76 Å². The number of furan rings is 1. The Bertz CT molecular complexity index is 761. The Morgan fingerprint density at radius 2 is 2.10 bits per heavy atom. The molecule has 1 aromatic carbocycles. The van der Waals surface area contributed by atoms with Gasteiger partial charge in [-0.05, 0) is 18.2 Å². The molecule has 0 amide bonds. The van der Waals surface area contributed by atoms with E-state index in [9.17, 15) is 10.1 Å². The second kappa shape index (κ2) is 5.00. The first kappa shape index (κ1) is 12.2. The zero-order chi connectivity index (χ0) is 13.9. The number of hydrogen-bond acceptors (Lipinski definition) is 5. The Balaban J connectivity index is 1.87. The summed E-state index contributed by atoms with van der Waals surface area (Å²) in [6, 6.07) is 10.6. The number of benzene rings is 1. The molecule has 20 heavy (non-hydrogen) atoms. The molecule has 6 nitrogen and oxygen atoms in total. The molecule has 100 valence electrons. The number of hydrogen-bond donors (Lipinski definition) is 0. The van der Waals surface area contributed by atoms with Crippen LogP contribution in [0.5, 0.6) is 5.75 Å². The normalized spacial score (nSPS) is 10.6. The zero-order valence-electron chi connectivity index (χ0n) is 10.4. The summed E-state index contributed by atoms with van der Waals surface area (Å²) in [7, 11) is 0. The lowest BCUT2D eigenvalue weighted by Gasteiger charge is -2.07. The summed E-state index contributed by atoms with van der Waals surface area (Å²) in [5.41, 5.74) is 0.724. The quantitative estimate of drug-likeness (QED) is 0.536. The number of pyridine rings is 1. The van der Waals surface area contributed by atoms with Gasteiger partial charge in [0.25, 0.3) is 0 Å². The first-order valence-electron chi connectivity index (χ1n) is 5.93. The first-order valence-corrected chi connectivity index (χ1v) is 5.93. The summed E-state index contributed by atoms with van der Waals surface area (Å²) in [5, 5.41) is 11.6. The minimum absolute atomic E-state index is 0.00266. The highest BCUT2D eigenvalue weighted by molar-refractivity contribution is 5.84. The SMILES string of the molecule is O=[N+]([O-])c1ccoc1COc1ccnc2ccccc12. The predicted molar refractivity (Wildman–Crippen MR) is 71.4 cm³/mol. The van der Waals surface area contributed by atoms with Gasteiger partial charge in [0, 0.05) is 11.6 Å². The molecule has 0 radical (unpaired) electrons. The molecular weight excluding hydrogens is 260 g/mol. The lowest BCUT2D eigenvalue weighted by atomic mass is 10.2. The van der Waals surface area contributed by atoms with Crippen molar-refractivity contribution in [3.05, 3.63) is 64.7 Å². The molecule has 0 aliphatic carbocycles. The summed E-state index contributed by atoms with van der Waals surface area (Å²) in [4.78, 5) is 14.5. The average Bonchev–Trinajstić information content (AvgIpc) is 2.93. The van der Waals surface area contributed by atoms with Crippen molar-refractivity contribution >= 4 is 16.6 Å². The number of rotatable bonds is 4. The van der Waals surface area contributed by atoms with E-state index in [2.05, 4.69) is 4.98 Å². The number of nitrogens with zero attached hydrogens (tertiary/aromatic N) is 2. The van der Waals surface area contributed by atoms with Crippen molar-refractivity contribution in [3.63, 3.8) is 0 Å². The van der Waals surface area contributed by atoms with Gasteiger partial charge in [-0.2, -0.15) is 0 Å². The second-order valence-corrected chi connectivity index (χ2v) is 4.10. The molecular formula is C14H10N2O4. The molecule has 0 saturated heterocycles. The van der Waals surface area contributed by atoms with Crippen LogP contribution >= 0.6 is 0 Å². The average molecular weight is 270 g/mol. The van der Waals surface area contributed by atoms with Gasteiger partial charge in [0.1, 0.15) is 5.75 Å². The minimum atomic E-state index is -0.493. The molecule has 3 aromatic rings. The lowest BCUT2D eigenvalue weighted by molar-refractivity contribution is -0.386. The fraction of sp³-hybridized carbons (Fsp3) is 0.0714. The monoisotopic (exact) mass is 270 g/mol. The Hall–Kier alpha value is -2.89. The van der Waals surface area contributed by atoms with Gasteiger partial charge in [0.15, 0.2) is 6.61 Å². The smallest absolute Gasteiger partial charge is 0.313 e. The summed E-state index contributed by atoms with van der Waals surface area (Å²) < 4.78 is 10.7. The van der Waals surface area contributed by atoms with Crippen LogP contribution < -0.4 is 4.74 Å². The molecule has 0 spiro atoms. The molecule has 2 heterocycles. The highest BCUT2D eigenvalue weighted by Gasteiger charge is 2.17. The van der Waals surface area contributed by atoms with Crippen molar-refractivity contribution in [1.82, 2.24) is 4.98 Å². The van der Waals surface area contributed by atoms with E-state index in [-0.39, 0.29) is 18.1 Å². The van der Waals surface area contributed by atoms with Crippen molar-refractivity contribution in [1.29, 1.82) is 0 Å². The van der Waals surface area contributed by atoms with Crippen LogP contribution in [0.25, 0.3) is 10.9 Å². The molecule has 0 aliphatic rings. The summed E-state index contributed by atoms with van der Waals surface area (Å²) in [6.45, 7) is -0.00266. The maximum atomic E-state index is 10.8. The number of fused-ring (bicyclic) bond motifs is 1. The van der Waals surface area contributed by atoms with Gasteiger partial charge in [-0.3, -0.25) is 15.1 Å².